The van der Waals surface area contributed by atoms with Crippen LogP contribution in [0.1, 0.15) is 6.92 Å². The van der Waals surface area contributed by atoms with Crippen LogP contribution in [0.3, 0.4) is 0 Å². The molecule has 0 saturated heterocycles. The molecule has 0 spiro atoms. The first-order valence-electron chi connectivity index (χ1n) is 3.93. The van der Waals surface area contributed by atoms with Crippen molar-refractivity contribution >= 4 is 29.3 Å². The molecule has 3 nitrogen and oxygen atoms in total. The van der Waals surface area contributed by atoms with Crippen LogP contribution in [0.2, 0.25) is 5.15 Å². The molecule has 0 aliphatic heterocycles. The van der Waals surface area contributed by atoms with Crippen molar-refractivity contribution in [1.29, 1.82) is 0 Å². The Morgan fingerprint density at radius 1 is 1.71 bits per heavy atom. The summed E-state index contributed by atoms with van der Waals surface area (Å²) in [4.78, 5) is 14.8. The molecule has 0 aliphatic rings. The Bertz CT molecular complexity index is 364. The normalized spacial score (nSPS) is 9.29. The lowest BCUT2D eigenvalue weighted by Gasteiger charge is -2.05. The van der Waals surface area contributed by atoms with Gasteiger partial charge in [-0.1, -0.05) is 23.4 Å². The summed E-state index contributed by atoms with van der Waals surface area (Å²) < 4.78 is 5.25. The zero-order valence-corrected chi connectivity index (χ0v) is 9.06. The summed E-state index contributed by atoms with van der Waals surface area (Å²) in [5.41, 5.74) is 0. The molecule has 0 fully saturated rings. The van der Waals surface area contributed by atoms with Crippen LogP contribution in [0.15, 0.2) is 22.4 Å². The average molecular weight is 230 g/mol. The fraction of sp³-hybridized carbons (Fsp3) is 0.222. The van der Waals surface area contributed by atoms with Gasteiger partial charge >= 0.3 is 0 Å². The predicted octanol–water partition coefficient (Wildman–Crippen LogP) is 2.57. The molecule has 74 valence electrons. The number of halogens is 1. The summed E-state index contributed by atoms with van der Waals surface area (Å²) in [6.45, 7) is 2.36. The van der Waals surface area contributed by atoms with Gasteiger partial charge in [-0.3, -0.25) is 0 Å². The topological polar surface area (TPSA) is 39.2 Å². The first-order valence-corrected chi connectivity index (χ1v) is 5.19. The number of aromatic nitrogens is 1. The highest BCUT2D eigenvalue weighted by Crippen LogP contribution is 2.29. The summed E-state index contributed by atoms with van der Waals surface area (Å²) in [6.07, 6.45) is 0. The van der Waals surface area contributed by atoms with Crippen LogP contribution in [0, 0.1) is 0 Å². The van der Waals surface area contributed by atoms with Crippen LogP contribution in [-0.2, 0) is 4.79 Å². The van der Waals surface area contributed by atoms with E-state index < -0.39 is 0 Å². The molecular formula is C9H8ClNO2S. The van der Waals surface area contributed by atoms with E-state index in [0.717, 1.165) is 4.90 Å². The van der Waals surface area contributed by atoms with E-state index >= 15 is 0 Å². The minimum Gasteiger partial charge on any atom is -0.477 e. The lowest BCUT2D eigenvalue weighted by atomic mass is 10.5. The predicted molar refractivity (Wildman–Crippen MR) is 56.5 cm³/mol. The van der Waals surface area contributed by atoms with E-state index in [0.29, 0.717) is 17.6 Å². The van der Waals surface area contributed by atoms with Gasteiger partial charge < -0.3 is 4.74 Å². The third kappa shape index (κ3) is 3.07. The van der Waals surface area contributed by atoms with Gasteiger partial charge in [0.05, 0.1) is 16.9 Å². The molecule has 1 aromatic heterocycles. The maximum Gasteiger partial charge on any atom is 0.229 e. The Hall–Kier alpha value is -0.960. The van der Waals surface area contributed by atoms with Crippen LogP contribution < -0.4 is 4.74 Å². The molecule has 0 atom stereocenters. The summed E-state index contributed by atoms with van der Waals surface area (Å²) in [5, 5.41) is 1.67. The minimum atomic E-state index is 0.368. The van der Waals surface area contributed by atoms with Crippen LogP contribution in [0.25, 0.3) is 0 Å². The van der Waals surface area contributed by atoms with Crippen LogP contribution in [-0.4, -0.2) is 17.5 Å². The number of carbonyl (C=O) groups excluding carboxylic acids is 1. The lowest BCUT2D eigenvalue weighted by molar-refractivity contribution is 0.318. The van der Waals surface area contributed by atoms with Gasteiger partial charge in [-0.05, 0) is 19.1 Å². The average Bonchev–Trinajstić information content (AvgIpc) is 2.17. The van der Waals surface area contributed by atoms with Crippen molar-refractivity contribution in [3.63, 3.8) is 0 Å². The van der Waals surface area contributed by atoms with Crippen molar-refractivity contribution in [2.45, 2.75) is 11.8 Å². The van der Waals surface area contributed by atoms with E-state index in [1.54, 1.807) is 18.1 Å². The van der Waals surface area contributed by atoms with Crippen LogP contribution >= 0.6 is 23.4 Å². The quantitative estimate of drug-likeness (QED) is 0.452. The Labute approximate surface area is 91.1 Å². The summed E-state index contributed by atoms with van der Waals surface area (Å²) >= 11 is 6.90. The fourth-order valence-electron chi connectivity index (χ4n) is 0.822. The monoisotopic (exact) mass is 229 g/mol. The zero-order valence-electron chi connectivity index (χ0n) is 7.49. The maximum atomic E-state index is 10.0. The fourth-order valence-corrected chi connectivity index (χ4v) is 1.49. The Morgan fingerprint density at radius 2 is 2.50 bits per heavy atom. The molecule has 0 bridgehead atoms. The summed E-state index contributed by atoms with van der Waals surface area (Å²) in [5.74, 6) is 2.11. The Morgan fingerprint density at radius 3 is 3.14 bits per heavy atom. The van der Waals surface area contributed by atoms with Crippen LogP contribution in [0.4, 0.5) is 0 Å². The second-order valence-electron chi connectivity index (χ2n) is 2.22. The summed E-state index contributed by atoms with van der Waals surface area (Å²) in [7, 11) is 0. The molecule has 1 rings (SSSR count). The van der Waals surface area contributed by atoms with Crippen molar-refractivity contribution in [2.24, 2.45) is 0 Å². The van der Waals surface area contributed by atoms with E-state index in [2.05, 4.69) is 4.98 Å². The molecule has 0 radical (unpaired) electrons. The van der Waals surface area contributed by atoms with Crippen molar-refractivity contribution in [1.82, 2.24) is 4.98 Å². The van der Waals surface area contributed by atoms with Crippen molar-refractivity contribution in [3.8, 4) is 5.88 Å². The maximum absolute atomic E-state index is 10.0. The standard InChI is InChI=1S/C9H8ClNO2S/c1-2-13-9-7(14-6-5-12)3-4-8(10)11-9/h3-4,6H,2H2,1H3. The van der Waals surface area contributed by atoms with E-state index in [9.17, 15) is 4.79 Å². The molecule has 0 unspecified atom stereocenters. The Kier molecular flexibility index (Phi) is 4.53. The smallest absolute Gasteiger partial charge is 0.229 e. The molecule has 0 aliphatic carbocycles. The molecule has 14 heavy (non-hydrogen) atoms. The van der Waals surface area contributed by atoms with Gasteiger partial charge in [-0.25, -0.2) is 9.78 Å². The molecule has 5 heteroatoms. The number of nitrogens with zero attached hydrogens (tertiary/aromatic N) is 1. The van der Waals surface area contributed by atoms with Gasteiger partial charge in [0.2, 0.25) is 5.88 Å². The van der Waals surface area contributed by atoms with Gasteiger partial charge in [0.1, 0.15) is 11.1 Å². The number of thioether (sulfide) groups is 1. The molecule has 1 heterocycles. The number of pyridine rings is 1. The first kappa shape index (κ1) is 11.1. The molecule has 0 aromatic carbocycles. The first-order chi connectivity index (χ1) is 6.77. The van der Waals surface area contributed by atoms with E-state index in [1.165, 1.54) is 17.2 Å². The van der Waals surface area contributed by atoms with E-state index in [-0.39, 0.29) is 0 Å². The number of ether oxygens (including phenoxy) is 1. The van der Waals surface area contributed by atoms with Crippen LogP contribution in [0.5, 0.6) is 5.88 Å². The second-order valence-corrected chi connectivity index (χ2v) is 3.52. The lowest BCUT2D eigenvalue weighted by Crippen LogP contribution is -1.95. The highest BCUT2D eigenvalue weighted by atomic mass is 35.5. The SMILES string of the molecule is CCOc1nc(Cl)ccc1SC=C=O. The van der Waals surface area contributed by atoms with Crippen molar-refractivity contribution in [2.75, 3.05) is 6.61 Å². The zero-order chi connectivity index (χ0) is 10.4. The molecule has 0 amide bonds. The van der Waals surface area contributed by atoms with Gasteiger partial charge in [-0.15, -0.1) is 0 Å². The van der Waals surface area contributed by atoms with Crippen molar-refractivity contribution in [3.05, 3.63) is 22.7 Å². The second kappa shape index (κ2) is 5.70. The number of hydrogen-bond acceptors (Lipinski definition) is 4. The molecule has 1 aromatic rings. The minimum absolute atomic E-state index is 0.368. The largest absolute Gasteiger partial charge is 0.477 e. The van der Waals surface area contributed by atoms with E-state index in [4.69, 9.17) is 16.3 Å². The molecule has 0 N–H and O–H groups in total. The van der Waals surface area contributed by atoms with Gasteiger partial charge in [0.15, 0.2) is 0 Å². The van der Waals surface area contributed by atoms with Crippen molar-refractivity contribution < 1.29 is 9.53 Å². The number of hydrogen-bond donors (Lipinski definition) is 0. The molecule has 0 saturated carbocycles. The number of rotatable bonds is 4. The summed E-state index contributed by atoms with van der Waals surface area (Å²) in [6, 6.07) is 3.39. The molecular weight excluding hydrogens is 222 g/mol. The highest BCUT2D eigenvalue weighted by Gasteiger charge is 2.05. The highest BCUT2D eigenvalue weighted by molar-refractivity contribution is 8.02. The third-order valence-electron chi connectivity index (χ3n) is 1.31. The van der Waals surface area contributed by atoms with E-state index in [1.807, 2.05) is 6.92 Å². The van der Waals surface area contributed by atoms with Gasteiger partial charge in [0.25, 0.3) is 0 Å². The van der Waals surface area contributed by atoms with Gasteiger partial charge in [-0.2, -0.15) is 0 Å². The third-order valence-corrected chi connectivity index (χ3v) is 2.30. The van der Waals surface area contributed by atoms with Gasteiger partial charge in [0, 0.05) is 0 Å². The Balaban J connectivity index is 2.94.